The number of hydrogen-bond donors (Lipinski definition) is 3. The van der Waals surface area contributed by atoms with E-state index in [4.69, 9.17) is 10.8 Å². The largest absolute Gasteiger partial charge is 0.480 e. The molecule has 8 nitrogen and oxygen atoms in total. The van der Waals surface area contributed by atoms with Crippen LogP contribution in [0.3, 0.4) is 0 Å². The molecular weight excluding hydrogens is 248 g/mol. The molecule has 0 amide bonds. The van der Waals surface area contributed by atoms with E-state index in [1.165, 1.54) is 11.7 Å². The zero-order chi connectivity index (χ0) is 13.0. The molecule has 1 aromatic heterocycles. The predicted octanol–water partition coefficient (Wildman–Crippen LogP) is -1.64. The van der Waals surface area contributed by atoms with Gasteiger partial charge in [0.25, 0.3) is 0 Å². The molecule has 94 valence electrons. The van der Waals surface area contributed by atoms with Crippen molar-refractivity contribution in [1.29, 1.82) is 0 Å². The van der Waals surface area contributed by atoms with E-state index in [0.717, 1.165) is 11.8 Å². The van der Waals surface area contributed by atoms with Crippen molar-refractivity contribution in [3.05, 3.63) is 20.7 Å². The maximum Gasteiger partial charge on any atom is 0.339 e. The molecule has 0 aromatic carbocycles. The van der Waals surface area contributed by atoms with Crippen LogP contribution in [0.1, 0.15) is 6.42 Å². The highest BCUT2D eigenvalue weighted by Crippen LogP contribution is 2.13. The highest BCUT2D eigenvalue weighted by molar-refractivity contribution is 7.99. The first kappa shape index (κ1) is 13.5. The minimum Gasteiger partial charge on any atom is -0.480 e. The van der Waals surface area contributed by atoms with E-state index in [9.17, 15) is 14.4 Å². The van der Waals surface area contributed by atoms with E-state index in [1.807, 2.05) is 0 Å². The van der Waals surface area contributed by atoms with E-state index in [2.05, 4.69) is 10.1 Å². The number of nitrogens with two attached hydrogens (primary N) is 1. The summed E-state index contributed by atoms with van der Waals surface area (Å²) in [5.41, 5.74) is 3.65. The highest BCUT2D eigenvalue weighted by Gasteiger charge is 2.12. The van der Waals surface area contributed by atoms with Crippen LogP contribution in [0.25, 0.3) is 0 Å². The van der Waals surface area contributed by atoms with Gasteiger partial charge in [0.2, 0.25) is 0 Å². The fraction of sp³-hybridized carbons (Fsp3) is 0.500. The van der Waals surface area contributed by atoms with Crippen molar-refractivity contribution in [2.24, 2.45) is 12.8 Å². The molecule has 1 aromatic rings. The lowest BCUT2D eigenvalue weighted by Crippen LogP contribution is -2.34. The molecule has 0 fully saturated rings. The Hall–Kier alpha value is -1.61. The third kappa shape index (κ3) is 3.71. The van der Waals surface area contributed by atoms with Gasteiger partial charge in [-0.25, -0.2) is 0 Å². The highest BCUT2D eigenvalue weighted by atomic mass is 32.2. The molecule has 0 aliphatic rings. The van der Waals surface area contributed by atoms with Gasteiger partial charge in [0.05, 0.1) is 0 Å². The average molecular weight is 260 g/mol. The van der Waals surface area contributed by atoms with Crippen LogP contribution in [0.5, 0.6) is 0 Å². The molecule has 0 spiro atoms. The fourth-order valence-corrected chi connectivity index (χ4v) is 1.93. The lowest BCUT2D eigenvalue weighted by Gasteiger charge is -2.07. The van der Waals surface area contributed by atoms with Crippen LogP contribution >= 0.6 is 11.8 Å². The molecule has 1 heterocycles. The van der Waals surface area contributed by atoms with Gasteiger partial charge in [0.15, 0.2) is 5.16 Å². The van der Waals surface area contributed by atoms with Crippen LogP contribution in [0.2, 0.25) is 0 Å². The Morgan fingerprint density at radius 1 is 1.65 bits per heavy atom. The third-order valence-electron chi connectivity index (χ3n) is 1.92. The van der Waals surface area contributed by atoms with Crippen molar-refractivity contribution in [3.63, 3.8) is 0 Å². The number of aromatic amines is 1. The number of carbonyl (C=O) groups is 1. The summed E-state index contributed by atoms with van der Waals surface area (Å²) in [4.78, 5) is 35.9. The Morgan fingerprint density at radius 2 is 2.29 bits per heavy atom. The van der Waals surface area contributed by atoms with Gasteiger partial charge in [-0.15, -0.1) is 0 Å². The van der Waals surface area contributed by atoms with Crippen LogP contribution < -0.4 is 16.9 Å². The number of aromatic nitrogens is 3. The number of hydrogen-bond acceptors (Lipinski definition) is 6. The van der Waals surface area contributed by atoms with Gasteiger partial charge in [-0.3, -0.25) is 24.2 Å². The molecular formula is C8H12N4O4S. The molecule has 0 saturated heterocycles. The molecule has 0 radical (unpaired) electrons. The van der Waals surface area contributed by atoms with E-state index >= 15 is 0 Å². The van der Waals surface area contributed by atoms with Crippen molar-refractivity contribution in [1.82, 2.24) is 14.8 Å². The Labute approximate surface area is 99.8 Å². The lowest BCUT2D eigenvalue weighted by molar-refractivity contribution is -0.138. The van der Waals surface area contributed by atoms with Crippen molar-refractivity contribution < 1.29 is 9.90 Å². The maximum absolute atomic E-state index is 11.0. The first-order valence-corrected chi connectivity index (χ1v) is 5.69. The molecule has 17 heavy (non-hydrogen) atoms. The summed E-state index contributed by atoms with van der Waals surface area (Å²) < 4.78 is 1.31. The average Bonchev–Trinajstić information content (AvgIpc) is 2.25. The molecule has 9 heteroatoms. The normalized spacial score (nSPS) is 12.4. The van der Waals surface area contributed by atoms with E-state index in [0.29, 0.717) is 10.9 Å². The number of aryl methyl sites for hydroxylation is 1. The van der Waals surface area contributed by atoms with Crippen molar-refractivity contribution in [2.75, 3.05) is 5.75 Å². The van der Waals surface area contributed by atoms with Gasteiger partial charge in [-0.05, 0) is 6.42 Å². The molecule has 0 saturated carbocycles. The minimum absolute atomic E-state index is 0.245. The second kappa shape index (κ2) is 5.64. The van der Waals surface area contributed by atoms with E-state index in [1.54, 1.807) is 0 Å². The van der Waals surface area contributed by atoms with E-state index < -0.39 is 23.1 Å². The number of H-pyrrole nitrogens is 1. The maximum atomic E-state index is 11.0. The predicted molar refractivity (Wildman–Crippen MR) is 61.1 cm³/mol. The van der Waals surface area contributed by atoms with Crippen molar-refractivity contribution >= 4 is 17.7 Å². The van der Waals surface area contributed by atoms with Crippen LogP contribution in [-0.4, -0.2) is 37.6 Å². The zero-order valence-corrected chi connectivity index (χ0v) is 9.86. The third-order valence-corrected chi connectivity index (χ3v) is 2.99. The topological polar surface area (TPSA) is 131 Å². The quantitative estimate of drug-likeness (QED) is 0.427. The minimum atomic E-state index is -1.08. The van der Waals surface area contributed by atoms with E-state index in [-0.39, 0.29) is 6.42 Å². The number of nitrogens with zero attached hydrogens (tertiary/aromatic N) is 2. The first-order valence-electron chi connectivity index (χ1n) is 4.70. The number of aliphatic carboxylic acids is 1. The van der Waals surface area contributed by atoms with Gasteiger partial charge in [0.1, 0.15) is 6.04 Å². The number of carboxylic acid groups (broad SMARTS) is 1. The Morgan fingerprint density at radius 3 is 2.88 bits per heavy atom. The number of nitrogens with one attached hydrogen (secondary N) is 1. The summed E-state index contributed by atoms with van der Waals surface area (Å²) in [6, 6.07) is -0.942. The van der Waals surface area contributed by atoms with Gasteiger partial charge >= 0.3 is 17.1 Å². The molecule has 4 N–H and O–H groups in total. The van der Waals surface area contributed by atoms with Crippen LogP contribution in [0.15, 0.2) is 14.7 Å². The van der Waals surface area contributed by atoms with Gasteiger partial charge in [-0.1, -0.05) is 11.8 Å². The molecule has 0 aliphatic carbocycles. The summed E-state index contributed by atoms with van der Waals surface area (Å²) >= 11 is 1.15. The fourth-order valence-electron chi connectivity index (χ4n) is 0.990. The summed E-state index contributed by atoms with van der Waals surface area (Å²) in [6.45, 7) is 0. The molecule has 1 atom stereocenters. The molecule has 0 aliphatic heterocycles. The van der Waals surface area contributed by atoms with Crippen LogP contribution in [-0.2, 0) is 11.8 Å². The SMILES string of the molecule is Cn1[nH]c(=O)c(=O)nc1SCCC(N)C(=O)O. The number of thioether (sulfide) groups is 1. The second-order valence-electron chi connectivity index (χ2n) is 3.28. The summed E-state index contributed by atoms with van der Waals surface area (Å²) in [7, 11) is 1.54. The molecule has 1 rings (SSSR count). The van der Waals surface area contributed by atoms with Crippen molar-refractivity contribution in [3.8, 4) is 0 Å². The lowest BCUT2D eigenvalue weighted by atomic mass is 10.2. The van der Waals surface area contributed by atoms with Gasteiger partial charge in [0, 0.05) is 12.8 Å². The molecule has 1 unspecified atom stereocenters. The zero-order valence-electron chi connectivity index (χ0n) is 9.04. The number of carboxylic acids is 1. The van der Waals surface area contributed by atoms with Gasteiger partial charge < -0.3 is 10.8 Å². The Bertz CT molecular complexity index is 523. The van der Waals surface area contributed by atoms with Gasteiger partial charge in [-0.2, -0.15) is 4.98 Å². The number of rotatable bonds is 5. The van der Waals surface area contributed by atoms with Crippen LogP contribution in [0, 0.1) is 0 Å². The Balaban J connectivity index is 2.64. The van der Waals surface area contributed by atoms with Crippen LogP contribution in [0.4, 0.5) is 0 Å². The first-order chi connectivity index (χ1) is 7.91. The molecule has 0 bridgehead atoms. The second-order valence-corrected chi connectivity index (χ2v) is 4.34. The monoisotopic (exact) mass is 260 g/mol. The van der Waals surface area contributed by atoms with Crippen molar-refractivity contribution in [2.45, 2.75) is 17.6 Å². The standard InChI is InChI=1S/C8H12N4O4S/c1-12-8(10-5(13)6(14)11-12)17-3-2-4(9)7(15)16/h4H,2-3,9H2,1H3,(H,11,14)(H,15,16). The summed E-state index contributed by atoms with van der Waals surface area (Å²) in [6.07, 6.45) is 0.245. The summed E-state index contributed by atoms with van der Waals surface area (Å²) in [5, 5.41) is 11.2. The summed E-state index contributed by atoms with van der Waals surface area (Å²) in [5.74, 6) is -0.686. The smallest absolute Gasteiger partial charge is 0.339 e. The Kier molecular flexibility index (Phi) is 4.46.